The SMILES string of the molecule is CC(CCNc1ccc([N+](=O)[O-])cc1)c1ccccc1. The van der Waals surface area contributed by atoms with Crippen LogP contribution in [0.5, 0.6) is 0 Å². The second kappa shape index (κ2) is 6.70. The fourth-order valence-corrected chi connectivity index (χ4v) is 2.08. The van der Waals surface area contributed by atoms with E-state index in [2.05, 4.69) is 36.5 Å². The first-order valence-corrected chi connectivity index (χ1v) is 6.70. The molecule has 1 atom stereocenters. The first kappa shape index (κ1) is 14.1. The van der Waals surface area contributed by atoms with Crippen LogP contribution in [0.1, 0.15) is 24.8 Å². The zero-order chi connectivity index (χ0) is 14.4. The van der Waals surface area contributed by atoms with Crippen molar-refractivity contribution in [1.29, 1.82) is 0 Å². The van der Waals surface area contributed by atoms with Crippen molar-refractivity contribution in [3.63, 3.8) is 0 Å². The van der Waals surface area contributed by atoms with Gasteiger partial charge in [-0.3, -0.25) is 10.1 Å². The number of nitrogens with one attached hydrogen (secondary N) is 1. The zero-order valence-electron chi connectivity index (χ0n) is 11.5. The fraction of sp³-hybridized carbons (Fsp3) is 0.250. The predicted molar refractivity (Wildman–Crippen MR) is 81.1 cm³/mol. The van der Waals surface area contributed by atoms with Crippen LogP contribution in [0, 0.1) is 10.1 Å². The Balaban J connectivity index is 1.82. The Hall–Kier alpha value is -2.36. The maximum Gasteiger partial charge on any atom is 0.269 e. The maximum absolute atomic E-state index is 10.6. The van der Waals surface area contributed by atoms with Crippen molar-refractivity contribution < 1.29 is 4.92 Å². The largest absolute Gasteiger partial charge is 0.385 e. The highest BCUT2D eigenvalue weighted by Gasteiger charge is 2.06. The molecule has 2 aromatic carbocycles. The van der Waals surface area contributed by atoms with Crippen LogP contribution in [0.4, 0.5) is 11.4 Å². The number of nitro groups is 1. The van der Waals surface area contributed by atoms with Gasteiger partial charge in [-0.05, 0) is 30.0 Å². The van der Waals surface area contributed by atoms with Crippen molar-refractivity contribution in [2.24, 2.45) is 0 Å². The van der Waals surface area contributed by atoms with E-state index < -0.39 is 0 Å². The van der Waals surface area contributed by atoms with Gasteiger partial charge in [-0.25, -0.2) is 0 Å². The summed E-state index contributed by atoms with van der Waals surface area (Å²) in [4.78, 5) is 10.2. The summed E-state index contributed by atoms with van der Waals surface area (Å²) in [6, 6.07) is 16.9. The van der Waals surface area contributed by atoms with E-state index in [1.54, 1.807) is 12.1 Å². The molecule has 0 spiro atoms. The molecule has 0 aliphatic heterocycles. The van der Waals surface area contributed by atoms with Gasteiger partial charge < -0.3 is 5.32 Å². The molecule has 0 amide bonds. The zero-order valence-corrected chi connectivity index (χ0v) is 11.5. The summed E-state index contributed by atoms with van der Waals surface area (Å²) in [6.45, 7) is 3.04. The molecule has 1 unspecified atom stereocenters. The van der Waals surface area contributed by atoms with Gasteiger partial charge in [0.05, 0.1) is 4.92 Å². The molecule has 4 heteroatoms. The average Bonchev–Trinajstić information content (AvgIpc) is 2.48. The van der Waals surface area contributed by atoms with Crippen molar-refractivity contribution in [3.05, 3.63) is 70.3 Å². The molecule has 4 nitrogen and oxygen atoms in total. The van der Waals surface area contributed by atoms with Crippen LogP contribution in [0.3, 0.4) is 0 Å². The second-order valence-electron chi connectivity index (χ2n) is 4.83. The lowest BCUT2D eigenvalue weighted by molar-refractivity contribution is -0.384. The molecule has 0 heterocycles. The van der Waals surface area contributed by atoms with Crippen LogP contribution in [-0.2, 0) is 0 Å². The summed E-state index contributed by atoms with van der Waals surface area (Å²) in [5.41, 5.74) is 2.36. The van der Waals surface area contributed by atoms with E-state index >= 15 is 0 Å². The van der Waals surface area contributed by atoms with Gasteiger partial charge in [0.1, 0.15) is 0 Å². The number of nitro benzene ring substituents is 1. The third-order valence-electron chi connectivity index (χ3n) is 3.35. The molecule has 104 valence electrons. The maximum atomic E-state index is 10.6. The number of hydrogen-bond acceptors (Lipinski definition) is 3. The summed E-state index contributed by atoms with van der Waals surface area (Å²) in [5, 5.41) is 13.8. The van der Waals surface area contributed by atoms with Crippen LogP contribution in [0.2, 0.25) is 0 Å². The van der Waals surface area contributed by atoms with Crippen LogP contribution in [-0.4, -0.2) is 11.5 Å². The minimum absolute atomic E-state index is 0.119. The van der Waals surface area contributed by atoms with Crippen LogP contribution >= 0.6 is 0 Å². The van der Waals surface area contributed by atoms with Crippen molar-refractivity contribution in [2.75, 3.05) is 11.9 Å². The van der Waals surface area contributed by atoms with Gasteiger partial charge in [-0.1, -0.05) is 37.3 Å². The molecular formula is C16H18N2O2. The number of hydrogen-bond donors (Lipinski definition) is 1. The Bertz CT molecular complexity index is 552. The molecule has 0 aliphatic carbocycles. The lowest BCUT2D eigenvalue weighted by Crippen LogP contribution is -2.05. The van der Waals surface area contributed by atoms with E-state index in [1.807, 2.05) is 6.07 Å². The molecular weight excluding hydrogens is 252 g/mol. The summed E-state index contributed by atoms with van der Waals surface area (Å²) in [6.07, 6.45) is 1.01. The molecule has 1 N–H and O–H groups in total. The van der Waals surface area contributed by atoms with Crippen LogP contribution in [0.25, 0.3) is 0 Å². The summed E-state index contributed by atoms with van der Waals surface area (Å²) >= 11 is 0. The van der Waals surface area contributed by atoms with Gasteiger partial charge in [0, 0.05) is 24.4 Å². The van der Waals surface area contributed by atoms with Crippen molar-refractivity contribution in [3.8, 4) is 0 Å². The molecule has 2 rings (SSSR count). The van der Waals surface area contributed by atoms with Gasteiger partial charge in [0.25, 0.3) is 5.69 Å². The molecule has 0 bridgehead atoms. The smallest absolute Gasteiger partial charge is 0.269 e. The first-order chi connectivity index (χ1) is 9.66. The fourth-order valence-electron chi connectivity index (χ4n) is 2.08. The third kappa shape index (κ3) is 3.82. The molecule has 0 fully saturated rings. The highest BCUT2D eigenvalue weighted by Crippen LogP contribution is 2.19. The van der Waals surface area contributed by atoms with E-state index in [4.69, 9.17) is 0 Å². The lowest BCUT2D eigenvalue weighted by Gasteiger charge is -2.13. The van der Waals surface area contributed by atoms with Crippen LogP contribution in [0.15, 0.2) is 54.6 Å². The molecule has 0 aliphatic rings. The topological polar surface area (TPSA) is 55.2 Å². The van der Waals surface area contributed by atoms with E-state index in [1.165, 1.54) is 17.7 Å². The predicted octanol–water partition coefficient (Wildman–Crippen LogP) is 4.20. The number of rotatable bonds is 6. The number of nitrogens with zero attached hydrogens (tertiary/aromatic N) is 1. The average molecular weight is 270 g/mol. The number of benzene rings is 2. The minimum Gasteiger partial charge on any atom is -0.385 e. The van der Waals surface area contributed by atoms with Gasteiger partial charge >= 0.3 is 0 Å². The summed E-state index contributed by atoms with van der Waals surface area (Å²) in [5.74, 6) is 0.488. The molecule has 20 heavy (non-hydrogen) atoms. The van der Waals surface area contributed by atoms with Gasteiger partial charge in [0.15, 0.2) is 0 Å². The molecule has 0 saturated heterocycles. The van der Waals surface area contributed by atoms with Gasteiger partial charge in [-0.15, -0.1) is 0 Å². The second-order valence-corrected chi connectivity index (χ2v) is 4.83. The third-order valence-corrected chi connectivity index (χ3v) is 3.35. The van der Waals surface area contributed by atoms with Gasteiger partial charge in [0.2, 0.25) is 0 Å². The van der Waals surface area contributed by atoms with E-state index in [-0.39, 0.29) is 10.6 Å². The van der Waals surface area contributed by atoms with Crippen molar-refractivity contribution in [1.82, 2.24) is 0 Å². The summed E-state index contributed by atoms with van der Waals surface area (Å²) < 4.78 is 0. The lowest BCUT2D eigenvalue weighted by atomic mass is 9.98. The Morgan fingerprint density at radius 2 is 1.75 bits per heavy atom. The van der Waals surface area contributed by atoms with E-state index in [0.29, 0.717) is 5.92 Å². The minimum atomic E-state index is -0.388. The molecule has 0 radical (unpaired) electrons. The molecule has 2 aromatic rings. The first-order valence-electron chi connectivity index (χ1n) is 6.70. The Kier molecular flexibility index (Phi) is 4.71. The van der Waals surface area contributed by atoms with E-state index in [0.717, 1.165) is 18.7 Å². The molecule has 0 aromatic heterocycles. The Morgan fingerprint density at radius 1 is 1.10 bits per heavy atom. The van der Waals surface area contributed by atoms with Crippen molar-refractivity contribution in [2.45, 2.75) is 19.3 Å². The number of non-ortho nitro benzene ring substituents is 1. The summed E-state index contributed by atoms with van der Waals surface area (Å²) in [7, 11) is 0. The number of anilines is 1. The van der Waals surface area contributed by atoms with Crippen LogP contribution < -0.4 is 5.32 Å². The quantitative estimate of drug-likeness (QED) is 0.632. The highest BCUT2D eigenvalue weighted by atomic mass is 16.6. The van der Waals surface area contributed by atoms with Gasteiger partial charge in [-0.2, -0.15) is 0 Å². The Morgan fingerprint density at radius 3 is 2.35 bits per heavy atom. The monoisotopic (exact) mass is 270 g/mol. The standard InChI is InChI=1S/C16H18N2O2/c1-13(14-5-3-2-4-6-14)11-12-17-15-7-9-16(10-8-15)18(19)20/h2-10,13,17H,11-12H2,1H3. The molecule has 0 saturated carbocycles. The Labute approximate surface area is 118 Å². The normalized spacial score (nSPS) is 11.8. The van der Waals surface area contributed by atoms with Crippen molar-refractivity contribution >= 4 is 11.4 Å². The van der Waals surface area contributed by atoms with E-state index in [9.17, 15) is 10.1 Å². The highest BCUT2D eigenvalue weighted by molar-refractivity contribution is 5.48.